The lowest BCUT2D eigenvalue weighted by Crippen LogP contribution is -2.43. The summed E-state index contributed by atoms with van der Waals surface area (Å²) in [6, 6.07) is 5.43. The Bertz CT molecular complexity index is 451. The molecule has 2 N–H and O–H groups in total. The molecule has 0 bridgehead atoms. The Hall–Kier alpha value is -1.26. The van der Waals surface area contributed by atoms with Crippen LogP contribution in [0.4, 0.5) is 5.69 Å². The molecular formula is C14H21ClN2O2. The van der Waals surface area contributed by atoms with Crippen LogP contribution in [0.15, 0.2) is 18.2 Å². The maximum Gasteiger partial charge on any atom is 0.243 e. The Labute approximate surface area is 120 Å². The average Bonchev–Trinajstić information content (AvgIpc) is 2.80. The molecule has 0 saturated heterocycles. The summed E-state index contributed by atoms with van der Waals surface area (Å²) in [6.07, 6.45) is 2.54. The van der Waals surface area contributed by atoms with Crippen molar-refractivity contribution in [1.82, 2.24) is 0 Å². The molecule has 0 saturated carbocycles. The summed E-state index contributed by atoms with van der Waals surface area (Å²) < 4.78 is 5.19. The van der Waals surface area contributed by atoms with E-state index in [9.17, 15) is 4.79 Å². The number of hydrogen-bond donors (Lipinski definition) is 1. The van der Waals surface area contributed by atoms with Crippen molar-refractivity contribution in [1.29, 1.82) is 0 Å². The number of nitrogens with zero attached hydrogens (tertiary/aromatic N) is 1. The fourth-order valence-electron chi connectivity index (χ4n) is 2.37. The number of carbonyl (C=O) groups excluding carboxylic acids is 1. The van der Waals surface area contributed by atoms with Crippen LogP contribution in [0.3, 0.4) is 0 Å². The lowest BCUT2D eigenvalue weighted by Gasteiger charge is -2.21. The maximum absolute atomic E-state index is 12.2. The molecule has 1 unspecified atom stereocenters. The zero-order valence-electron chi connectivity index (χ0n) is 11.4. The molecule has 1 heterocycles. The summed E-state index contributed by atoms with van der Waals surface area (Å²) in [7, 11) is 1.65. The first kappa shape index (κ1) is 15.8. The van der Waals surface area contributed by atoms with E-state index in [0.29, 0.717) is 0 Å². The van der Waals surface area contributed by atoms with Gasteiger partial charge in [0.25, 0.3) is 0 Å². The number of rotatable bonds is 4. The molecule has 0 aliphatic carbocycles. The van der Waals surface area contributed by atoms with Gasteiger partial charge in [0.2, 0.25) is 5.91 Å². The third kappa shape index (κ3) is 3.19. The molecule has 1 atom stereocenters. The molecule has 19 heavy (non-hydrogen) atoms. The van der Waals surface area contributed by atoms with Gasteiger partial charge in [-0.05, 0) is 36.6 Å². The second kappa shape index (κ2) is 6.78. The fourth-order valence-corrected chi connectivity index (χ4v) is 2.37. The molecule has 1 aromatic carbocycles. The van der Waals surface area contributed by atoms with Gasteiger partial charge in [-0.2, -0.15) is 0 Å². The molecule has 2 rings (SSSR count). The van der Waals surface area contributed by atoms with E-state index in [4.69, 9.17) is 10.5 Å². The standard InChI is InChI=1S/C14H20N2O2.ClH/c1-3-4-12(15)14(17)16-8-7-10-9-11(18-2)5-6-13(10)16;/h5-6,9,12H,3-4,7-8,15H2,1-2H3;1H. The topological polar surface area (TPSA) is 55.6 Å². The van der Waals surface area contributed by atoms with Crippen molar-refractivity contribution in [3.8, 4) is 5.75 Å². The summed E-state index contributed by atoms with van der Waals surface area (Å²) in [5.74, 6) is 0.863. The molecule has 1 aliphatic rings. The molecule has 0 aromatic heterocycles. The van der Waals surface area contributed by atoms with E-state index >= 15 is 0 Å². The van der Waals surface area contributed by atoms with Gasteiger partial charge in [-0.3, -0.25) is 4.79 Å². The van der Waals surface area contributed by atoms with Crippen LogP contribution in [0.5, 0.6) is 5.75 Å². The van der Waals surface area contributed by atoms with Crippen LogP contribution >= 0.6 is 12.4 Å². The number of halogens is 1. The van der Waals surface area contributed by atoms with Crippen molar-refractivity contribution in [3.63, 3.8) is 0 Å². The van der Waals surface area contributed by atoms with E-state index in [1.807, 2.05) is 25.1 Å². The Morgan fingerprint density at radius 3 is 2.89 bits per heavy atom. The van der Waals surface area contributed by atoms with Crippen molar-refractivity contribution in [2.75, 3.05) is 18.6 Å². The van der Waals surface area contributed by atoms with Gasteiger partial charge < -0.3 is 15.4 Å². The SMILES string of the molecule is CCCC(N)C(=O)N1CCc2cc(OC)ccc21.Cl. The summed E-state index contributed by atoms with van der Waals surface area (Å²) in [4.78, 5) is 14.0. The Balaban J connectivity index is 0.00000180. The molecule has 0 spiro atoms. The molecule has 1 amide bonds. The van der Waals surface area contributed by atoms with Crippen LogP contribution in [0, 0.1) is 0 Å². The van der Waals surface area contributed by atoms with Gasteiger partial charge in [0, 0.05) is 12.2 Å². The molecule has 0 fully saturated rings. The molecule has 1 aromatic rings. The average molecular weight is 285 g/mol. The third-order valence-corrected chi connectivity index (χ3v) is 3.37. The van der Waals surface area contributed by atoms with Crippen LogP contribution in [0.2, 0.25) is 0 Å². The van der Waals surface area contributed by atoms with Crippen molar-refractivity contribution < 1.29 is 9.53 Å². The van der Waals surface area contributed by atoms with Crippen LogP contribution in [0.25, 0.3) is 0 Å². The van der Waals surface area contributed by atoms with Gasteiger partial charge in [-0.15, -0.1) is 12.4 Å². The number of benzene rings is 1. The number of amides is 1. The minimum atomic E-state index is -0.386. The van der Waals surface area contributed by atoms with E-state index in [1.54, 1.807) is 12.0 Å². The zero-order valence-corrected chi connectivity index (χ0v) is 12.2. The van der Waals surface area contributed by atoms with Crippen LogP contribution in [-0.2, 0) is 11.2 Å². The van der Waals surface area contributed by atoms with Gasteiger partial charge >= 0.3 is 0 Å². The van der Waals surface area contributed by atoms with E-state index in [-0.39, 0.29) is 24.4 Å². The number of ether oxygens (including phenoxy) is 1. The quantitative estimate of drug-likeness (QED) is 0.921. The van der Waals surface area contributed by atoms with Crippen LogP contribution < -0.4 is 15.4 Å². The summed E-state index contributed by atoms with van der Waals surface area (Å²) in [6.45, 7) is 2.76. The van der Waals surface area contributed by atoms with Crippen molar-refractivity contribution in [3.05, 3.63) is 23.8 Å². The summed E-state index contributed by atoms with van der Waals surface area (Å²) in [5.41, 5.74) is 8.04. The molecule has 0 radical (unpaired) electrons. The highest BCUT2D eigenvalue weighted by Crippen LogP contribution is 2.31. The van der Waals surface area contributed by atoms with E-state index < -0.39 is 0 Å². The lowest BCUT2D eigenvalue weighted by atomic mass is 10.1. The van der Waals surface area contributed by atoms with E-state index in [0.717, 1.165) is 42.8 Å². The van der Waals surface area contributed by atoms with Gasteiger partial charge in [0.05, 0.1) is 13.2 Å². The monoisotopic (exact) mass is 284 g/mol. The second-order valence-corrected chi connectivity index (χ2v) is 4.63. The van der Waals surface area contributed by atoms with Crippen molar-refractivity contribution in [2.24, 2.45) is 5.73 Å². The van der Waals surface area contributed by atoms with E-state index in [2.05, 4.69) is 0 Å². The smallest absolute Gasteiger partial charge is 0.243 e. The first-order valence-electron chi connectivity index (χ1n) is 6.41. The minimum absolute atomic E-state index is 0. The Morgan fingerprint density at radius 1 is 1.53 bits per heavy atom. The highest BCUT2D eigenvalue weighted by Gasteiger charge is 2.28. The molecule has 106 valence electrons. The van der Waals surface area contributed by atoms with Crippen molar-refractivity contribution >= 4 is 24.0 Å². The first-order chi connectivity index (χ1) is 8.67. The highest BCUT2D eigenvalue weighted by atomic mass is 35.5. The molecule has 4 nitrogen and oxygen atoms in total. The normalized spacial score (nSPS) is 14.6. The summed E-state index contributed by atoms with van der Waals surface area (Å²) >= 11 is 0. The number of hydrogen-bond acceptors (Lipinski definition) is 3. The van der Waals surface area contributed by atoms with Gasteiger partial charge in [0.15, 0.2) is 0 Å². The molecular weight excluding hydrogens is 264 g/mol. The summed E-state index contributed by atoms with van der Waals surface area (Å²) in [5, 5.41) is 0. The molecule has 1 aliphatic heterocycles. The number of nitrogens with two attached hydrogens (primary N) is 1. The second-order valence-electron chi connectivity index (χ2n) is 4.63. The number of anilines is 1. The Kier molecular flexibility index (Phi) is 5.63. The van der Waals surface area contributed by atoms with Gasteiger partial charge in [0.1, 0.15) is 5.75 Å². The predicted octanol–water partition coefficient (Wildman–Crippen LogP) is 2.13. The van der Waals surface area contributed by atoms with Crippen molar-refractivity contribution in [2.45, 2.75) is 32.2 Å². The minimum Gasteiger partial charge on any atom is -0.497 e. The maximum atomic E-state index is 12.2. The fraction of sp³-hybridized carbons (Fsp3) is 0.500. The van der Waals surface area contributed by atoms with Gasteiger partial charge in [-0.25, -0.2) is 0 Å². The van der Waals surface area contributed by atoms with E-state index in [1.165, 1.54) is 0 Å². The number of fused-ring (bicyclic) bond motifs is 1. The van der Waals surface area contributed by atoms with Gasteiger partial charge in [-0.1, -0.05) is 13.3 Å². The molecule has 5 heteroatoms. The third-order valence-electron chi connectivity index (χ3n) is 3.37. The lowest BCUT2D eigenvalue weighted by molar-refractivity contribution is -0.119. The predicted molar refractivity (Wildman–Crippen MR) is 79.2 cm³/mol. The highest BCUT2D eigenvalue weighted by molar-refractivity contribution is 5.98. The number of carbonyl (C=O) groups is 1. The number of methoxy groups -OCH3 is 1. The zero-order chi connectivity index (χ0) is 13.1. The Morgan fingerprint density at radius 2 is 2.26 bits per heavy atom. The van der Waals surface area contributed by atoms with Crippen LogP contribution in [0.1, 0.15) is 25.3 Å². The largest absolute Gasteiger partial charge is 0.497 e. The first-order valence-corrected chi connectivity index (χ1v) is 6.41. The van der Waals surface area contributed by atoms with Crippen LogP contribution in [-0.4, -0.2) is 25.6 Å².